The van der Waals surface area contributed by atoms with Crippen LogP contribution in [0.1, 0.15) is 33.1 Å². The smallest absolute Gasteiger partial charge is 0.214 e. The SMILES string of the molecule is CC(C)N1CC2CC(C1)N2S(=O)(=O)CC1CC1. The van der Waals surface area contributed by atoms with Crippen molar-refractivity contribution < 1.29 is 8.42 Å². The minimum atomic E-state index is -2.96. The molecule has 0 radical (unpaired) electrons. The quantitative estimate of drug-likeness (QED) is 0.752. The summed E-state index contributed by atoms with van der Waals surface area (Å²) in [4.78, 5) is 2.40. The molecule has 17 heavy (non-hydrogen) atoms. The van der Waals surface area contributed by atoms with Gasteiger partial charge in [-0.15, -0.1) is 0 Å². The standard InChI is InChI=1S/C12H22N2O2S/c1-9(2)13-6-11-5-12(7-13)14(11)17(15,16)8-10-3-4-10/h9-12H,3-8H2,1-2H3. The van der Waals surface area contributed by atoms with Gasteiger partial charge in [0, 0.05) is 31.2 Å². The van der Waals surface area contributed by atoms with Crippen LogP contribution in [0.15, 0.2) is 0 Å². The molecular formula is C12H22N2O2S. The van der Waals surface area contributed by atoms with E-state index < -0.39 is 10.0 Å². The number of rotatable bonds is 4. The molecule has 0 aromatic heterocycles. The Morgan fingerprint density at radius 2 is 1.76 bits per heavy atom. The Morgan fingerprint density at radius 3 is 2.24 bits per heavy atom. The molecule has 2 bridgehead atoms. The molecule has 3 saturated heterocycles. The normalized spacial score (nSPS) is 35.0. The zero-order chi connectivity index (χ0) is 12.2. The molecule has 1 saturated carbocycles. The van der Waals surface area contributed by atoms with Crippen molar-refractivity contribution in [3.63, 3.8) is 0 Å². The van der Waals surface area contributed by atoms with Crippen LogP contribution in [-0.4, -0.2) is 54.6 Å². The Labute approximate surface area is 104 Å². The lowest BCUT2D eigenvalue weighted by molar-refractivity contribution is -0.0200. The van der Waals surface area contributed by atoms with Crippen LogP contribution in [0.2, 0.25) is 0 Å². The van der Waals surface area contributed by atoms with Crippen molar-refractivity contribution in [2.24, 2.45) is 5.92 Å². The molecule has 4 aliphatic rings. The van der Waals surface area contributed by atoms with Crippen molar-refractivity contribution in [2.45, 2.75) is 51.2 Å². The predicted octanol–water partition coefficient (Wildman–Crippen LogP) is 0.893. The molecule has 0 aromatic rings. The van der Waals surface area contributed by atoms with Gasteiger partial charge < -0.3 is 0 Å². The molecule has 5 heteroatoms. The average Bonchev–Trinajstić information content (AvgIpc) is 2.99. The van der Waals surface area contributed by atoms with Gasteiger partial charge in [-0.25, -0.2) is 8.42 Å². The van der Waals surface area contributed by atoms with Gasteiger partial charge in [-0.1, -0.05) is 0 Å². The van der Waals surface area contributed by atoms with Crippen molar-refractivity contribution >= 4 is 10.0 Å². The van der Waals surface area contributed by atoms with Crippen molar-refractivity contribution in [3.05, 3.63) is 0 Å². The van der Waals surface area contributed by atoms with E-state index in [0.29, 0.717) is 17.7 Å². The molecule has 0 N–H and O–H groups in total. The second-order valence-electron chi connectivity index (χ2n) is 6.14. The van der Waals surface area contributed by atoms with Crippen LogP contribution < -0.4 is 0 Å². The van der Waals surface area contributed by atoms with Crippen molar-refractivity contribution in [1.29, 1.82) is 0 Å². The Kier molecular flexibility index (Phi) is 2.76. The molecule has 3 aliphatic heterocycles. The summed E-state index contributed by atoms with van der Waals surface area (Å²) in [7, 11) is -2.96. The Bertz CT molecular complexity index is 391. The third-order valence-electron chi connectivity index (χ3n) is 4.35. The van der Waals surface area contributed by atoms with E-state index >= 15 is 0 Å². The highest BCUT2D eigenvalue weighted by Crippen LogP contribution is 2.39. The first-order chi connectivity index (χ1) is 7.97. The highest BCUT2D eigenvalue weighted by molar-refractivity contribution is 7.89. The number of piperazine rings is 1. The third kappa shape index (κ3) is 2.13. The third-order valence-corrected chi connectivity index (χ3v) is 6.48. The van der Waals surface area contributed by atoms with Gasteiger partial charge in [0.05, 0.1) is 5.75 Å². The molecule has 4 nitrogen and oxygen atoms in total. The fourth-order valence-electron chi connectivity index (χ4n) is 3.15. The van der Waals surface area contributed by atoms with Crippen molar-refractivity contribution in [2.75, 3.05) is 18.8 Å². The summed E-state index contributed by atoms with van der Waals surface area (Å²) in [6, 6.07) is 1.06. The van der Waals surface area contributed by atoms with E-state index in [-0.39, 0.29) is 12.1 Å². The molecule has 0 spiro atoms. The molecule has 4 fully saturated rings. The summed E-state index contributed by atoms with van der Waals surface area (Å²) >= 11 is 0. The monoisotopic (exact) mass is 258 g/mol. The van der Waals surface area contributed by atoms with Crippen molar-refractivity contribution in [1.82, 2.24) is 9.21 Å². The molecule has 3 heterocycles. The van der Waals surface area contributed by atoms with Crippen molar-refractivity contribution in [3.8, 4) is 0 Å². The topological polar surface area (TPSA) is 40.6 Å². The fraction of sp³-hybridized carbons (Fsp3) is 1.00. The number of sulfonamides is 1. The predicted molar refractivity (Wildman–Crippen MR) is 67.3 cm³/mol. The first kappa shape index (κ1) is 11.9. The van der Waals surface area contributed by atoms with Crippen LogP contribution in [0.25, 0.3) is 0 Å². The molecule has 1 aliphatic carbocycles. The minimum absolute atomic E-state index is 0.264. The van der Waals surface area contributed by atoms with Crippen LogP contribution in [0.4, 0.5) is 0 Å². The molecule has 2 atom stereocenters. The number of piperidine rings is 1. The number of hydrogen-bond acceptors (Lipinski definition) is 3. The maximum atomic E-state index is 12.3. The molecule has 0 amide bonds. The van der Waals surface area contributed by atoms with E-state index in [2.05, 4.69) is 18.7 Å². The van der Waals surface area contributed by atoms with Gasteiger partial charge in [0.2, 0.25) is 10.0 Å². The summed E-state index contributed by atoms with van der Waals surface area (Å²) < 4.78 is 26.3. The average molecular weight is 258 g/mol. The number of nitrogens with zero attached hydrogens (tertiary/aromatic N) is 2. The lowest BCUT2D eigenvalue weighted by atomic mass is 9.90. The van der Waals surface area contributed by atoms with Crippen LogP contribution in [0.5, 0.6) is 0 Å². The van der Waals surface area contributed by atoms with Crippen LogP contribution in [0, 0.1) is 5.92 Å². The van der Waals surface area contributed by atoms with E-state index in [1.165, 1.54) is 0 Å². The molecule has 4 rings (SSSR count). The van der Waals surface area contributed by atoms with Gasteiger partial charge in [-0.05, 0) is 39.0 Å². The summed E-state index contributed by atoms with van der Waals surface area (Å²) in [6.45, 7) is 6.23. The van der Waals surface area contributed by atoms with E-state index in [9.17, 15) is 8.42 Å². The lowest BCUT2D eigenvalue weighted by Crippen LogP contribution is -2.71. The fourth-order valence-corrected chi connectivity index (χ4v) is 5.47. The van der Waals surface area contributed by atoms with Gasteiger partial charge in [0.1, 0.15) is 0 Å². The lowest BCUT2D eigenvalue weighted by Gasteiger charge is -2.56. The van der Waals surface area contributed by atoms with E-state index in [1.54, 1.807) is 0 Å². The van der Waals surface area contributed by atoms with Gasteiger partial charge in [0.25, 0.3) is 0 Å². The van der Waals surface area contributed by atoms with E-state index in [0.717, 1.165) is 32.4 Å². The van der Waals surface area contributed by atoms with Gasteiger partial charge in [-0.2, -0.15) is 4.31 Å². The Morgan fingerprint density at radius 1 is 1.18 bits per heavy atom. The zero-order valence-corrected chi connectivity index (χ0v) is 11.5. The first-order valence-electron chi connectivity index (χ1n) is 6.72. The molecule has 98 valence electrons. The molecule has 0 aromatic carbocycles. The summed E-state index contributed by atoms with van der Waals surface area (Å²) in [5, 5.41) is 0. The summed E-state index contributed by atoms with van der Waals surface area (Å²) in [6.07, 6.45) is 3.30. The van der Waals surface area contributed by atoms with E-state index in [4.69, 9.17) is 0 Å². The summed E-state index contributed by atoms with van der Waals surface area (Å²) in [5.74, 6) is 0.865. The second-order valence-corrected chi connectivity index (χ2v) is 8.06. The highest BCUT2D eigenvalue weighted by atomic mass is 32.2. The van der Waals surface area contributed by atoms with Gasteiger partial charge >= 0.3 is 0 Å². The molecular weight excluding hydrogens is 236 g/mol. The number of hydrogen-bond donors (Lipinski definition) is 0. The van der Waals surface area contributed by atoms with E-state index in [1.807, 2.05) is 4.31 Å². The van der Waals surface area contributed by atoms with Gasteiger partial charge in [0.15, 0.2) is 0 Å². The largest absolute Gasteiger partial charge is 0.298 e. The first-order valence-corrected chi connectivity index (χ1v) is 8.33. The molecule has 2 unspecified atom stereocenters. The van der Waals surface area contributed by atoms with Gasteiger partial charge in [-0.3, -0.25) is 4.90 Å². The Hall–Kier alpha value is -0.130. The second kappa shape index (κ2) is 3.93. The van der Waals surface area contributed by atoms with Crippen LogP contribution in [0.3, 0.4) is 0 Å². The maximum Gasteiger partial charge on any atom is 0.214 e. The number of fused-ring (bicyclic) bond motifs is 2. The summed E-state index contributed by atoms with van der Waals surface area (Å²) in [5.41, 5.74) is 0. The Balaban J connectivity index is 1.67. The minimum Gasteiger partial charge on any atom is -0.298 e. The van der Waals surface area contributed by atoms with Crippen LogP contribution >= 0.6 is 0 Å². The van der Waals surface area contributed by atoms with Crippen LogP contribution in [-0.2, 0) is 10.0 Å². The highest BCUT2D eigenvalue weighted by Gasteiger charge is 2.51. The maximum absolute atomic E-state index is 12.3. The zero-order valence-electron chi connectivity index (χ0n) is 10.7.